The van der Waals surface area contributed by atoms with Crippen molar-refractivity contribution in [3.05, 3.63) is 35.4 Å². The number of rotatable bonds is 6. The largest absolute Gasteiger partial charge is 0.387 e. The van der Waals surface area contributed by atoms with Crippen molar-refractivity contribution in [3.8, 4) is 0 Å². The van der Waals surface area contributed by atoms with Crippen LogP contribution < -0.4 is 10.6 Å². The Hall–Kier alpha value is -1.73. The van der Waals surface area contributed by atoms with E-state index in [0.717, 1.165) is 6.07 Å². The number of carbonyl (C=O) groups is 1. The second-order valence-electron chi connectivity index (χ2n) is 5.93. The van der Waals surface area contributed by atoms with Gasteiger partial charge in [0, 0.05) is 18.7 Å². The van der Waals surface area contributed by atoms with Gasteiger partial charge in [-0.05, 0) is 34.0 Å². The molecular formula is C15H23F2N3O2. The zero-order chi connectivity index (χ0) is 16.9. The van der Waals surface area contributed by atoms with E-state index in [-0.39, 0.29) is 12.1 Å². The topological polar surface area (TPSA) is 64.6 Å². The predicted octanol–water partition coefficient (Wildman–Crippen LogP) is 1.64. The summed E-state index contributed by atoms with van der Waals surface area (Å²) in [6.07, 6.45) is 0. The van der Waals surface area contributed by atoms with Gasteiger partial charge in [0.05, 0.1) is 11.6 Å². The summed E-state index contributed by atoms with van der Waals surface area (Å²) >= 11 is 0. The summed E-state index contributed by atoms with van der Waals surface area (Å²) in [7, 11) is 3.62. The fourth-order valence-electron chi connectivity index (χ4n) is 2.19. The summed E-state index contributed by atoms with van der Waals surface area (Å²) in [5, 5.41) is 15.1. The first-order valence-electron chi connectivity index (χ1n) is 6.98. The average Bonchev–Trinajstić information content (AvgIpc) is 2.38. The highest BCUT2D eigenvalue weighted by Crippen LogP contribution is 2.18. The maximum atomic E-state index is 13.6. The normalized spacial score (nSPS) is 15.3. The quantitative estimate of drug-likeness (QED) is 0.748. The molecule has 0 fully saturated rings. The van der Waals surface area contributed by atoms with Crippen LogP contribution in [0.1, 0.15) is 25.5 Å². The number of aliphatic hydroxyl groups is 1. The molecule has 3 N–H and O–H groups in total. The zero-order valence-electron chi connectivity index (χ0n) is 13.3. The molecule has 0 heterocycles. The summed E-state index contributed by atoms with van der Waals surface area (Å²) in [6.45, 7) is 3.56. The van der Waals surface area contributed by atoms with E-state index in [2.05, 4.69) is 10.6 Å². The Kier molecular flexibility index (Phi) is 6.25. The summed E-state index contributed by atoms with van der Waals surface area (Å²) in [5.74, 6) is -1.93. The molecule has 2 unspecified atom stereocenters. The molecule has 1 aromatic carbocycles. The molecule has 22 heavy (non-hydrogen) atoms. The number of nitrogens with zero attached hydrogens (tertiary/aromatic N) is 1. The van der Waals surface area contributed by atoms with Crippen molar-refractivity contribution in [2.45, 2.75) is 25.5 Å². The van der Waals surface area contributed by atoms with Gasteiger partial charge in [0.15, 0.2) is 11.6 Å². The van der Waals surface area contributed by atoms with Gasteiger partial charge in [-0.3, -0.25) is 0 Å². The number of urea groups is 1. The van der Waals surface area contributed by atoms with Crippen LogP contribution in [0.25, 0.3) is 0 Å². The van der Waals surface area contributed by atoms with Crippen LogP contribution in [0.2, 0.25) is 0 Å². The number of hydrogen-bond donors (Lipinski definition) is 3. The van der Waals surface area contributed by atoms with Gasteiger partial charge in [0.25, 0.3) is 0 Å². The van der Waals surface area contributed by atoms with E-state index >= 15 is 0 Å². The van der Waals surface area contributed by atoms with Gasteiger partial charge >= 0.3 is 6.03 Å². The van der Waals surface area contributed by atoms with Crippen LogP contribution >= 0.6 is 0 Å². The molecule has 2 amide bonds. The van der Waals surface area contributed by atoms with E-state index < -0.39 is 29.3 Å². The summed E-state index contributed by atoms with van der Waals surface area (Å²) in [5.41, 5.74) is -1.02. The third-order valence-corrected chi connectivity index (χ3v) is 3.08. The lowest BCUT2D eigenvalue weighted by Gasteiger charge is -2.27. The number of halogens is 2. The van der Waals surface area contributed by atoms with E-state index in [0.29, 0.717) is 6.54 Å². The molecule has 5 nitrogen and oxygen atoms in total. The summed E-state index contributed by atoms with van der Waals surface area (Å²) in [6, 6.07) is 2.55. The summed E-state index contributed by atoms with van der Waals surface area (Å²) in [4.78, 5) is 13.6. The highest BCUT2D eigenvalue weighted by molar-refractivity contribution is 5.74. The van der Waals surface area contributed by atoms with E-state index in [4.69, 9.17) is 0 Å². The van der Waals surface area contributed by atoms with Crippen LogP contribution in [0.3, 0.4) is 0 Å². The molecular weight excluding hydrogens is 292 g/mol. The second kappa shape index (κ2) is 7.51. The Labute approximate surface area is 129 Å². The third-order valence-electron chi connectivity index (χ3n) is 3.08. The molecule has 0 aliphatic heterocycles. The van der Waals surface area contributed by atoms with Crippen molar-refractivity contribution in [2.24, 2.45) is 0 Å². The lowest BCUT2D eigenvalue weighted by molar-refractivity contribution is 0.0359. The number of carbonyl (C=O) groups excluding carboxylic acids is 1. The molecule has 1 aromatic rings. The van der Waals surface area contributed by atoms with Gasteiger partial charge in [-0.15, -0.1) is 0 Å². The van der Waals surface area contributed by atoms with Crippen molar-refractivity contribution in [1.82, 2.24) is 15.5 Å². The Morgan fingerprint density at radius 3 is 2.64 bits per heavy atom. The van der Waals surface area contributed by atoms with Crippen molar-refractivity contribution in [3.63, 3.8) is 0 Å². The van der Waals surface area contributed by atoms with Crippen LogP contribution in [0.15, 0.2) is 18.2 Å². The van der Waals surface area contributed by atoms with E-state index in [9.17, 15) is 18.7 Å². The third kappa shape index (κ3) is 5.57. The van der Waals surface area contributed by atoms with Crippen LogP contribution in [-0.4, -0.2) is 48.8 Å². The van der Waals surface area contributed by atoms with Crippen molar-refractivity contribution < 1.29 is 18.7 Å². The van der Waals surface area contributed by atoms with Crippen LogP contribution in [-0.2, 0) is 0 Å². The average molecular weight is 315 g/mol. The smallest absolute Gasteiger partial charge is 0.315 e. The fourth-order valence-corrected chi connectivity index (χ4v) is 2.19. The molecule has 0 bridgehead atoms. The minimum Gasteiger partial charge on any atom is -0.387 e. The first kappa shape index (κ1) is 18.3. The van der Waals surface area contributed by atoms with E-state index in [1.54, 1.807) is 18.7 Å². The van der Waals surface area contributed by atoms with Gasteiger partial charge in [0.2, 0.25) is 0 Å². The molecule has 0 saturated heterocycles. The van der Waals surface area contributed by atoms with Crippen LogP contribution in [0.4, 0.5) is 13.6 Å². The minimum absolute atomic E-state index is 0.0371. The fraction of sp³-hybridized carbons (Fsp3) is 0.533. The van der Waals surface area contributed by atoms with Gasteiger partial charge < -0.3 is 20.6 Å². The summed E-state index contributed by atoms with van der Waals surface area (Å²) < 4.78 is 26.8. The Morgan fingerprint density at radius 1 is 1.41 bits per heavy atom. The molecule has 0 aliphatic rings. The predicted molar refractivity (Wildman–Crippen MR) is 80.5 cm³/mol. The lowest BCUT2D eigenvalue weighted by atomic mass is 10.1. The molecule has 0 saturated carbocycles. The molecule has 2 atom stereocenters. The number of nitrogens with one attached hydrogen (secondary N) is 2. The number of amides is 2. The van der Waals surface area contributed by atoms with Crippen molar-refractivity contribution in [2.75, 3.05) is 27.2 Å². The first-order valence-corrected chi connectivity index (χ1v) is 6.98. The van der Waals surface area contributed by atoms with E-state index in [1.165, 1.54) is 12.1 Å². The minimum atomic E-state index is -1.09. The Balaban J connectivity index is 2.56. The lowest BCUT2D eigenvalue weighted by Crippen LogP contribution is -2.49. The highest BCUT2D eigenvalue weighted by atomic mass is 19.2. The molecule has 1 rings (SSSR count). The van der Waals surface area contributed by atoms with Crippen LogP contribution in [0.5, 0.6) is 0 Å². The molecule has 124 valence electrons. The van der Waals surface area contributed by atoms with Gasteiger partial charge in [-0.2, -0.15) is 0 Å². The number of hydrogen-bond acceptors (Lipinski definition) is 3. The standard InChI is InChI=1S/C15H23F2N3O2/c1-10(11-6-5-7-12(16)13(11)17)19-14(21)18-8-15(2,22)9-20(3)4/h5-7,10,22H,8-9H2,1-4H3,(H2,18,19,21). The zero-order valence-corrected chi connectivity index (χ0v) is 13.3. The second-order valence-corrected chi connectivity index (χ2v) is 5.93. The first-order chi connectivity index (χ1) is 10.1. The maximum absolute atomic E-state index is 13.6. The van der Waals surface area contributed by atoms with Gasteiger partial charge in [-0.1, -0.05) is 12.1 Å². The molecule has 0 radical (unpaired) electrons. The molecule has 0 spiro atoms. The number of likely N-dealkylation sites (N-methyl/N-ethyl adjacent to an activating group) is 1. The monoisotopic (exact) mass is 315 g/mol. The SMILES string of the molecule is CC(NC(=O)NCC(C)(O)CN(C)C)c1cccc(F)c1F. The Bertz CT molecular complexity index is 522. The molecule has 7 heteroatoms. The molecule has 0 aliphatic carbocycles. The highest BCUT2D eigenvalue weighted by Gasteiger charge is 2.23. The van der Waals surface area contributed by atoms with Gasteiger partial charge in [0.1, 0.15) is 0 Å². The van der Waals surface area contributed by atoms with E-state index in [1.807, 2.05) is 14.1 Å². The van der Waals surface area contributed by atoms with Crippen molar-refractivity contribution in [1.29, 1.82) is 0 Å². The Morgan fingerprint density at radius 2 is 2.05 bits per heavy atom. The van der Waals surface area contributed by atoms with Crippen molar-refractivity contribution >= 4 is 6.03 Å². The number of benzene rings is 1. The van der Waals surface area contributed by atoms with Crippen LogP contribution in [0, 0.1) is 11.6 Å². The molecule has 0 aromatic heterocycles. The van der Waals surface area contributed by atoms with Gasteiger partial charge in [-0.25, -0.2) is 13.6 Å². The maximum Gasteiger partial charge on any atom is 0.315 e.